The molecule has 0 spiro atoms. The van der Waals surface area contributed by atoms with Crippen molar-refractivity contribution in [2.45, 2.75) is 19.4 Å². The van der Waals surface area contributed by atoms with Crippen LogP contribution in [0.4, 0.5) is 0 Å². The van der Waals surface area contributed by atoms with Gasteiger partial charge in [-0.3, -0.25) is 9.78 Å². The Bertz CT molecular complexity index is 661. The van der Waals surface area contributed by atoms with Crippen molar-refractivity contribution in [3.8, 4) is 11.1 Å². The standard InChI is InChI=1S/C17H19N3O.2ClH/c1-12-2-4-13(5-3-12)14-8-15(10-19-9-14)17(21)20-7-6-16(18)11-20;;/h2-5,8-10,16H,6-7,11,18H2,1H3;2*1H/t16-;;/m1../s1. The van der Waals surface area contributed by atoms with E-state index in [1.165, 1.54) is 5.56 Å². The molecule has 3 rings (SSSR count). The highest BCUT2D eigenvalue weighted by atomic mass is 35.5. The number of amides is 1. The van der Waals surface area contributed by atoms with Crippen molar-refractivity contribution >= 4 is 30.7 Å². The summed E-state index contributed by atoms with van der Waals surface area (Å²) in [5.41, 5.74) is 9.74. The molecule has 2 aromatic rings. The number of nitrogens with zero attached hydrogens (tertiary/aromatic N) is 2. The summed E-state index contributed by atoms with van der Waals surface area (Å²) in [5, 5.41) is 0. The van der Waals surface area contributed by atoms with E-state index in [4.69, 9.17) is 5.73 Å². The van der Waals surface area contributed by atoms with Crippen molar-refractivity contribution in [3.05, 3.63) is 53.9 Å². The smallest absolute Gasteiger partial charge is 0.255 e. The van der Waals surface area contributed by atoms with Gasteiger partial charge in [0.25, 0.3) is 5.91 Å². The lowest BCUT2D eigenvalue weighted by molar-refractivity contribution is 0.0790. The minimum absolute atomic E-state index is 0. The third-order valence-corrected chi connectivity index (χ3v) is 3.88. The zero-order chi connectivity index (χ0) is 14.8. The number of hydrogen-bond acceptors (Lipinski definition) is 3. The first-order valence-corrected chi connectivity index (χ1v) is 7.20. The minimum Gasteiger partial charge on any atom is -0.337 e. The highest BCUT2D eigenvalue weighted by Crippen LogP contribution is 2.21. The molecule has 2 heterocycles. The van der Waals surface area contributed by atoms with Crippen LogP contribution in [0.15, 0.2) is 42.7 Å². The fourth-order valence-corrected chi connectivity index (χ4v) is 2.62. The van der Waals surface area contributed by atoms with Crippen LogP contribution in [0, 0.1) is 6.92 Å². The van der Waals surface area contributed by atoms with Crippen molar-refractivity contribution in [1.29, 1.82) is 0 Å². The molecule has 0 radical (unpaired) electrons. The van der Waals surface area contributed by atoms with Crippen LogP contribution in [0.5, 0.6) is 0 Å². The summed E-state index contributed by atoms with van der Waals surface area (Å²) < 4.78 is 0. The molecule has 0 aliphatic carbocycles. The molecule has 23 heavy (non-hydrogen) atoms. The van der Waals surface area contributed by atoms with E-state index in [1.54, 1.807) is 17.3 Å². The average molecular weight is 354 g/mol. The van der Waals surface area contributed by atoms with Gasteiger partial charge < -0.3 is 10.6 Å². The van der Waals surface area contributed by atoms with E-state index in [2.05, 4.69) is 24.0 Å². The third-order valence-electron chi connectivity index (χ3n) is 3.88. The molecular weight excluding hydrogens is 333 g/mol. The van der Waals surface area contributed by atoms with Crippen molar-refractivity contribution in [2.75, 3.05) is 13.1 Å². The first-order valence-electron chi connectivity index (χ1n) is 7.20. The number of aryl methyl sites for hydroxylation is 1. The quantitative estimate of drug-likeness (QED) is 0.902. The lowest BCUT2D eigenvalue weighted by Gasteiger charge is -2.16. The number of aromatic nitrogens is 1. The molecule has 0 saturated carbocycles. The van der Waals surface area contributed by atoms with Gasteiger partial charge in [0, 0.05) is 37.1 Å². The Morgan fingerprint density at radius 1 is 1.17 bits per heavy atom. The maximum atomic E-state index is 12.5. The largest absolute Gasteiger partial charge is 0.337 e. The first kappa shape index (κ1) is 19.4. The van der Waals surface area contributed by atoms with Crippen molar-refractivity contribution in [1.82, 2.24) is 9.88 Å². The molecular formula is C17H21Cl2N3O. The van der Waals surface area contributed by atoms with Crippen LogP contribution in [0.2, 0.25) is 0 Å². The highest BCUT2D eigenvalue weighted by Gasteiger charge is 2.24. The zero-order valence-electron chi connectivity index (χ0n) is 12.9. The number of halogens is 2. The Kier molecular flexibility index (Phi) is 7.01. The van der Waals surface area contributed by atoms with Crippen molar-refractivity contribution in [2.24, 2.45) is 5.73 Å². The first-order chi connectivity index (χ1) is 10.1. The number of rotatable bonds is 2. The van der Waals surface area contributed by atoms with Crippen LogP contribution in [-0.2, 0) is 0 Å². The number of benzene rings is 1. The number of carbonyl (C=O) groups is 1. The number of hydrogen-bond donors (Lipinski definition) is 1. The van der Waals surface area contributed by atoms with Gasteiger partial charge in [-0.2, -0.15) is 0 Å². The summed E-state index contributed by atoms with van der Waals surface area (Å²) in [6.07, 6.45) is 4.29. The molecule has 2 N–H and O–H groups in total. The van der Waals surface area contributed by atoms with Gasteiger partial charge in [-0.1, -0.05) is 29.8 Å². The van der Waals surface area contributed by atoms with Crippen LogP contribution in [0.25, 0.3) is 11.1 Å². The molecule has 6 heteroatoms. The van der Waals surface area contributed by atoms with E-state index in [1.807, 2.05) is 18.2 Å². The van der Waals surface area contributed by atoms with Crippen molar-refractivity contribution in [3.63, 3.8) is 0 Å². The van der Waals surface area contributed by atoms with Gasteiger partial charge in [-0.15, -0.1) is 24.8 Å². The topological polar surface area (TPSA) is 59.2 Å². The molecule has 1 aliphatic heterocycles. The molecule has 1 amide bonds. The highest BCUT2D eigenvalue weighted by molar-refractivity contribution is 5.95. The van der Waals surface area contributed by atoms with Gasteiger partial charge in [0.1, 0.15) is 0 Å². The molecule has 0 bridgehead atoms. The van der Waals surface area contributed by atoms with Gasteiger partial charge in [-0.05, 0) is 25.0 Å². The molecule has 1 fully saturated rings. The molecule has 4 nitrogen and oxygen atoms in total. The molecule has 1 aliphatic rings. The molecule has 1 aromatic heterocycles. The normalized spacial score (nSPS) is 16.4. The van der Waals surface area contributed by atoms with E-state index < -0.39 is 0 Å². The second-order valence-corrected chi connectivity index (χ2v) is 5.63. The summed E-state index contributed by atoms with van der Waals surface area (Å²) in [6.45, 7) is 3.42. The molecule has 1 atom stereocenters. The Hall–Kier alpha value is -1.62. The third kappa shape index (κ3) is 4.44. The van der Waals surface area contributed by atoms with Crippen LogP contribution >= 0.6 is 24.8 Å². The van der Waals surface area contributed by atoms with Gasteiger partial charge in [0.2, 0.25) is 0 Å². The van der Waals surface area contributed by atoms with E-state index in [9.17, 15) is 4.79 Å². The maximum absolute atomic E-state index is 12.5. The van der Waals surface area contributed by atoms with E-state index in [-0.39, 0.29) is 36.8 Å². The summed E-state index contributed by atoms with van der Waals surface area (Å²) in [5.74, 6) is 0.0180. The predicted molar refractivity (Wildman–Crippen MR) is 97.4 cm³/mol. The summed E-state index contributed by atoms with van der Waals surface area (Å²) in [4.78, 5) is 18.5. The van der Waals surface area contributed by atoms with Crippen LogP contribution in [0.1, 0.15) is 22.3 Å². The van der Waals surface area contributed by atoms with Gasteiger partial charge in [-0.25, -0.2) is 0 Å². The number of nitrogens with two attached hydrogens (primary N) is 1. The number of pyridine rings is 1. The zero-order valence-corrected chi connectivity index (χ0v) is 14.6. The molecule has 0 unspecified atom stereocenters. The molecule has 1 aromatic carbocycles. The Morgan fingerprint density at radius 2 is 1.87 bits per heavy atom. The summed E-state index contributed by atoms with van der Waals surface area (Å²) >= 11 is 0. The molecule has 1 saturated heterocycles. The fourth-order valence-electron chi connectivity index (χ4n) is 2.62. The Labute approximate surface area is 148 Å². The summed E-state index contributed by atoms with van der Waals surface area (Å²) in [6, 6.07) is 10.2. The van der Waals surface area contributed by atoms with Gasteiger partial charge >= 0.3 is 0 Å². The van der Waals surface area contributed by atoms with Gasteiger partial charge in [0.15, 0.2) is 0 Å². The van der Waals surface area contributed by atoms with Crippen molar-refractivity contribution < 1.29 is 4.79 Å². The molecule has 124 valence electrons. The summed E-state index contributed by atoms with van der Waals surface area (Å²) in [7, 11) is 0. The van der Waals surface area contributed by atoms with Gasteiger partial charge in [0.05, 0.1) is 5.56 Å². The maximum Gasteiger partial charge on any atom is 0.255 e. The van der Waals surface area contributed by atoms with Crippen LogP contribution in [0.3, 0.4) is 0 Å². The monoisotopic (exact) mass is 353 g/mol. The van der Waals surface area contributed by atoms with E-state index >= 15 is 0 Å². The lowest BCUT2D eigenvalue weighted by atomic mass is 10.0. The Balaban J connectivity index is 0.00000132. The predicted octanol–water partition coefficient (Wildman–Crippen LogP) is 3.07. The van der Waals surface area contributed by atoms with E-state index in [0.717, 1.165) is 24.1 Å². The lowest BCUT2D eigenvalue weighted by Crippen LogP contribution is -2.31. The number of likely N-dealkylation sites (tertiary alicyclic amines) is 1. The Morgan fingerprint density at radius 3 is 2.48 bits per heavy atom. The van der Waals surface area contributed by atoms with Crippen LogP contribution < -0.4 is 5.73 Å². The average Bonchev–Trinajstić information content (AvgIpc) is 2.94. The minimum atomic E-state index is 0. The van der Waals surface area contributed by atoms with Crippen LogP contribution in [-0.4, -0.2) is 34.9 Å². The van der Waals surface area contributed by atoms with E-state index in [0.29, 0.717) is 12.1 Å². The second-order valence-electron chi connectivity index (χ2n) is 5.63. The SMILES string of the molecule is Cc1ccc(-c2cncc(C(=O)N3CC[C@@H](N)C3)c2)cc1.Cl.Cl. The fraction of sp³-hybridized carbons (Fsp3) is 0.294. The number of carbonyl (C=O) groups excluding carboxylic acids is 1. The second kappa shape index (κ2) is 8.29.